The Kier molecular flexibility index (Phi) is 3.36. The average Bonchev–Trinajstić information content (AvgIpc) is 1.84. The molecule has 0 rings (SSSR count). The lowest BCUT2D eigenvalue weighted by Crippen LogP contribution is -2.06. The van der Waals surface area contributed by atoms with Gasteiger partial charge in [-0.25, -0.2) is 0 Å². The van der Waals surface area contributed by atoms with Crippen molar-refractivity contribution < 1.29 is 5.11 Å². The Balaban J connectivity index is 3.58. The molecule has 0 aromatic carbocycles. The van der Waals surface area contributed by atoms with Gasteiger partial charge in [0.15, 0.2) is 0 Å². The molecule has 0 aliphatic heterocycles. The second-order valence-corrected chi connectivity index (χ2v) is 3.11. The van der Waals surface area contributed by atoms with Crippen molar-refractivity contribution in [2.24, 2.45) is 5.41 Å². The predicted octanol–water partition coefficient (Wildman–Crippen LogP) is 2.88. The molecular weight excluding hydrogens is 112 g/mol. The van der Waals surface area contributed by atoms with Crippen LogP contribution >= 0.6 is 0 Å². The van der Waals surface area contributed by atoms with Gasteiger partial charge in [0, 0.05) is 0 Å². The summed E-state index contributed by atoms with van der Waals surface area (Å²) >= 11 is 0. The third-order valence-electron chi connectivity index (χ3n) is 1.73. The summed E-state index contributed by atoms with van der Waals surface area (Å²) in [4.78, 5) is 0. The molecule has 1 heteroatoms. The monoisotopic (exact) mass is 128 g/mol. The molecule has 0 radical (unpaired) electrons. The highest BCUT2D eigenvalue weighted by atomic mass is 16.2. The second-order valence-electron chi connectivity index (χ2n) is 3.11. The lowest BCUT2D eigenvalue weighted by Gasteiger charge is -2.19. The maximum atomic E-state index is 8.34. The lowest BCUT2D eigenvalue weighted by molar-refractivity contribution is 0.351. The van der Waals surface area contributed by atoms with Crippen molar-refractivity contribution in [3.63, 3.8) is 0 Å². The first-order valence-electron chi connectivity index (χ1n) is 3.41. The Morgan fingerprint density at radius 2 is 2.00 bits per heavy atom. The van der Waals surface area contributed by atoms with Crippen molar-refractivity contribution >= 4 is 0 Å². The molecule has 0 spiro atoms. The van der Waals surface area contributed by atoms with Crippen LogP contribution in [-0.2, 0) is 0 Å². The fourth-order valence-corrected chi connectivity index (χ4v) is 0.516. The molecule has 0 heterocycles. The highest BCUT2D eigenvalue weighted by molar-refractivity contribution is 4.80. The van der Waals surface area contributed by atoms with Gasteiger partial charge in [0.1, 0.15) is 0 Å². The first kappa shape index (κ1) is 8.54. The van der Waals surface area contributed by atoms with E-state index in [0.29, 0.717) is 5.41 Å². The van der Waals surface area contributed by atoms with E-state index in [4.69, 9.17) is 5.11 Å². The summed E-state index contributed by atoms with van der Waals surface area (Å²) in [5.74, 6) is 0. The van der Waals surface area contributed by atoms with Crippen LogP contribution in [0, 0.1) is 5.41 Å². The molecular formula is C8H16O. The number of allylic oxidation sites excluding steroid dienone is 1. The van der Waals surface area contributed by atoms with Gasteiger partial charge in [0.05, 0.1) is 6.26 Å². The first-order valence-corrected chi connectivity index (χ1v) is 3.41. The highest BCUT2D eigenvalue weighted by Crippen LogP contribution is 2.24. The Labute approximate surface area is 57.4 Å². The molecule has 9 heavy (non-hydrogen) atoms. The van der Waals surface area contributed by atoms with Crippen LogP contribution in [0.5, 0.6) is 0 Å². The normalized spacial score (nSPS) is 12.8. The molecule has 0 saturated heterocycles. The third-order valence-corrected chi connectivity index (χ3v) is 1.73. The number of hydrogen-bond acceptors (Lipinski definition) is 1. The van der Waals surface area contributed by atoms with Crippen LogP contribution in [0.25, 0.3) is 0 Å². The van der Waals surface area contributed by atoms with Crippen LogP contribution in [0.2, 0.25) is 0 Å². The van der Waals surface area contributed by atoms with Gasteiger partial charge in [-0.1, -0.05) is 27.2 Å². The number of hydrogen-bond donors (Lipinski definition) is 1. The van der Waals surface area contributed by atoms with Crippen LogP contribution in [0.15, 0.2) is 12.3 Å². The van der Waals surface area contributed by atoms with E-state index in [1.54, 1.807) is 6.08 Å². The quantitative estimate of drug-likeness (QED) is 0.579. The predicted molar refractivity (Wildman–Crippen MR) is 40.5 cm³/mol. The molecule has 0 fully saturated rings. The van der Waals surface area contributed by atoms with E-state index in [9.17, 15) is 0 Å². The van der Waals surface area contributed by atoms with Crippen LogP contribution < -0.4 is 0 Å². The molecule has 0 aromatic heterocycles. The van der Waals surface area contributed by atoms with Crippen LogP contribution in [-0.4, -0.2) is 5.11 Å². The van der Waals surface area contributed by atoms with E-state index in [2.05, 4.69) is 20.8 Å². The standard InChI is InChI=1S/C8H16O/c1-4-8(2,3)6-5-7-9/h5,7,9H,4,6H2,1-3H3. The molecule has 1 N–H and O–H groups in total. The minimum Gasteiger partial charge on any atom is -0.516 e. The van der Waals surface area contributed by atoms with Crippen molar-refractivity contribution in [3.05, 3.63) is 12.3 Å². The summed E-state index contributed by atoms with van der Waals surface area (Å²) in [7, 11) is 0. The summed E-state index contributed by atoms with van der Waals surface area (Å²) in [5, 5.41) is 8.34. The maximum absolute atomic E-state index is 8.34. The molecule has 0 atom stereocenters. The first-order chi connectivity index (χ1) is 4.12. The van der Waals surface area contributed by atoms with Crippen LogP contribution in [0.3, 0.4) is 0 Å². The fourth-order valence-electron chi connectivity index (χ4n) is 0.516. The minimum atomic E-state index is 0.346. The van der Waals surface area contributed by atoms with Gasteiger partial charge in [0.2, 0.25) is 0 Å². The van der Waals surface area contributed by atoms with Crippen molar-refractivity contribution in [3.8, 4) is 0 Å². The fraction of sp³-hybridized carbons (Fsp3) is 0.750. The van der Waals surface area contributed by atoms with Gasteiger partial charge in [-0.2, -0.15) is 0 Å². The van der Waals surface area contributed by atoms with Crippen molar-refractivity contribution in [1.82, 2.24) is 0 Å². The molecule has 0 aromatic rings. The van der Waals surface area contributed by atoms with Gasteiger partial charge >= 0.3 is 0 Å². The van der Waals surface area contributed by atoms with Crippen LogP contribution in [0.1, 0.15) is 33.6 Å². The van der Waals surface area contributed by atoms with Crippen molar-refractivity contribution in [1.29, 1.82) is 0 Å². The Morgan fingerprint density at radius 1 is 1.44 bits per heavy atom. The minimum absolute atomic E-state index is 0.346. The molecule has 0 amide bonds. The molecule has 54 valence electrons. The van der Waals surface area contributed by atoms with E-state index in [1.165, 1.54) is 0 Å². The lowest BCUT2D eigenvalue weighted by atomic mass is 9.87. The van der Waals surface area contributed by atoms with Crippen LogP contribution in [0.4, 0.5) is 0 Å². The summed E-state index contributed by atoms with van der Waals surface area (Å²) in [6, 6.07) is 0. The zero-order valence-corrected chi connectivity index (χ0v) is 6.52. The van der Waals surface area contributed by atoms with E-state index in [-0.39, 0.29) is 0 Å². The van der Waals surface area contributed by atoms with E-state index in [0.717, 1.165) is 19.1 Å². The summed E-state index contributed by atoms with van der Waals surface area (Å²) in [6.07, 6.45) is 5.03. The molecule has 0 bridgehead atoms. The smallest absolute Gasteiger partial charge is 0.0751 e. The number of aliphatic hydroxyl groups is 1. The third kappa shape index (κ3) is 4.07. The molecule has 0 aliphatic rings. The van der Waals surface area contributed by atoms with Crippen molar-refractivity contribution in [2.45, 2.75) is 33.6 Å². The molecule has 1 nitrogen and oxygen atoms in total. The summed E-state index contributed by atoms with van der Waals surface area (Å²) in [6.45, 7) is 6.53. The average molecular weight is 128 g/mol. The molecule has 0 aliphatic carbocycles. The molecule has 0 saturated carbocycles. The molecule has 0 unspecified atom stereocenters. The Hall–Kier alpha value is -0.460. The zero-order chi connectivity index (χ0) is 7.33. The number of rotatable bonds is 3. The summed E-state index contributed by atoms with van der Waals surface area (Å²) < 4.78 is 0. The van der Waals surface area contributed by atoms with Gasteiger partial charge < -0.3 is 5.11 Å². The second kappa shape index (κ2) is 3.54. The number of aliphatic hydroxyl groups excluding tert-OH is 1. The van der Waals surface area contributed by atoms with Gasteiger partial charge in [-0.3, -0.25) is 0 Å². The van der Waals surface area contributed by atoms with E-state index >= 15 is 0 Å². The Bertz CT molecular complexity index is 92.7. The van der Waals surface area contributed by atoms with Gasteiger partial charge in [-0.15, -0.1) is 0 Å². The van der Waals surface area contributed by atoms with Gasteiger partial charge in [-0.05, 0) is 17.9 Å². The topological polar surface area (TPSA) is 20.2 Å². The van der Waals surface area contributed by atoms with E-state index < -0.39 is 0 Å². The zero-order valence-electron chi connectivity index (χ0n) is 6.52. The highest BCUT2D eigenvalue weighted by Gasteiger charge is 2.11. The van der Waals surface area contributed by atoms with Crippen molar-refractivity contribution in [2.75, 3.05) is 0 Å². The summed E-state index contributed by atoms with van der Waals surface area (Å²) in [5.41, 5.74) is 0.346. The largest absolute Gasteiger partial charge is 0.516 e. The maximum Gasteiger partial charge on any atom is 0.0751 e. The van der Waals surface area contributed by atoms with Gasteiger partial charge in [0.25, 0.3) is 0 Å². The Morgan fingerprint density at radius 3 is 2.33 bits per heavy atom. The van der Waals surface area contributed by atoms with E-state index in [1.807, 2.05) is 0 Å². The SMILES string of the molecule is CCC(C)(C)CC=CO.